The summed E-state index contributed by atoms with van der Waals surface area (Å²) in [4.78, 5) is 28.9. The van der Waals surface area contributed by atoms with E-state index in [2.05, 4.69) is 0 Å². The molecule has 42 heavy (non-hydrogen) atoms. The predicted octanol–water partition coefficient (Wildman–Crippen LogP) is 7.57. The first kappa shape index (κ1) is 28.7. The number of rotatable bonds is 9. The van der Waals surface area contributed by atoms with Crippen LogP contribution in [0.1, 0.15) is 44.3 Å². The van der Waals surface area contributed by atoms with Crippen molar-refractivity contribution in [1.82, 2.24) is 0 Å². The number of sulfone groups is 1. The highest BCUT2D eigenvalue weighted by Gasteiger charge is 2.48. The Morgan fingerprint density at radius 2 is 1.05 bits per heavy atom. The third-order valence-electron chi connectivity index (χ3n) is 7.70. The second kappa shape index (κ2) is 11.6. The van der Waals surface area contributed by atoms with Crippen LogP contribution in [0.4, 0.5) is 11.4 Å². The molecule has 0 spiro atoms. The molecule has 0 aromatic heterocycles. The van der Waals surface area contributed by atoms with Crippen molar-refractivity contribution in [2.24, 2.45) is 0 Å². The molecule has 5 aromatic carbocycles. The fraction of sp³-hybridized carbons (Fsp3) is 0.111. The molecular formula is C36H31NO4S. The zero-order valence-electron chi connectivity index (χ0n) is 23.7. The Balaban J connectivity index is 1.43. The minimum atomic E-state index is -4.11. The molecule has 1 atom stereocenters. The van der Waals surface area contributed by atoms with E-state index in [9.17, 15) is 18.0 Å². The average Bonchev–Trinajstić information content (AvgIpc) is 3.04. The van der Waals surface area contributed by atoms with Crippen LogP contribution in [0.2, 0.25) is 0 Å². The molecule has 0 radical (unpaired) electrons. The van der Waals surface area contributed by atoms with Crippen LogP contribution in [-0.4, -0.2) is 27.0 Å². The number of benzene rings is 5. The monoisotopic (exact) mass is 573 g/mol. The first-order valence-corrected chi connectivity index (χ1v) is 15.1. The maximum absolute atomic E-state index is 14.1. The van der Waals surface area contributed by atoms with Gasteiger partial charge in [0, 0.05) is 35.1 Å². The van der Waals surface area contributed by atoms with Gasteiger partial charge in [-0.15, -0.1) is 0 Å². The van der Waals surface area contributed by atoms with Crippen molar-refractivity contribution in [3.8, 4) is 0 Å². The van der Waals surface area contributed by atoms with E-state index in [0.29, 0.717) is 16.7 Å². The number of carbonyl (C=O) groups is 2. The SMILES string of the molecule is Cc1ccc(S(=O)(=O)C(C)(C(=O)c2ccc(N(C)c3ccc(C(=O)c4ccccc4)cc3)cc2)c2ccccc2)cc1. The second-order valence-electron chi connectivity index (χ2n) is 10.4. The Labute approximate surface area is 247 Å². The van der Waals surface area contributed by atoms with Gasteiger partial charge in [-0.2, -0.15) is 0 Å². The van der Waals surface area contributed by atoms with E-state index >= 15 is 0 Å². The first-order valence-electron chi connectivity index (χ1n) is 13.6. The normalized spacial score (nSPS) is 12.7. The van der Waals surface area contributed by atoms with Crippen LogP contribution in [0.5, 0.6) is 0 Å². The van der Waals surface area contributed by atoms with Gasteiger partial charge in [-0.05, 0) is 80.1 Å². The van der Waals surface area contributed by atoms with Gasteiger partial charge < -0.3 is 4.90 Å². The lowest BCUT2D eigenvalue weighted by Gasteiger charge is -2.29. The Kier molecular flexibility index (Phi) is 7.92. The van der Waals surface area contributed by atoms with E-state index in [-0.39, 0.29) is 16.2 Å². The van der Waals surface area contributed by atoms with Crippen molar-refractivity contribution in [2.75, 3.05) is 11.9 Å². The standard InChI is InChI=1S/C36H31NO4S/c1-26-14-24-33(25-15-26)42(40,41)36(2,30-12-8-5-9-13-30)35(39)29-18-22-32(23-19-29)37(3)31-20-16-28(17-21-31)34(38)27-10-6-4-7-11-27/h4-25H,1-3H3. The number of nitrogens with zero attached hydrogens (tertiary/aromatic N) is 1. The molecule has 0 saturated heterocycles. The molecule has 6 heteroatoms. The van der Waals surface area contributed by atoms with Gasteiger partial charge in [0.15, 0.2) is 26.2 Å². The summed E-state index contributed by atoms with van der Waals surface area (Å²) in [5.74, 6) is -0.554. The van der Waals surface area contributed by atoms with E-state index in [1.807, 2.05) is 49.2 Å². The van der Waals surface area contributed by atoms with Crippen molar-refractivity contribution in [2.45, 2.75) is 23.5 Å². The van der Waals surface area contributed by atoms with Gasteiger partial charge in [-0.1, -0.05) is 78.4 Å². The number of ketones is 2. The molecule has 0 saturated carbocycles. The highest BCUT2D eigenvalue weighted by atomic mass is 32.2. The van der Waals surface area contributed by atoms with E-state index in [1.54, 1.807) is 103 Å². The van der Waals surface area contributed by atoms with Crippen molar-refractivity contribution < 1.29 is 18.0 Å². The number of hydrogen-bond acceptors (Lipinski definition) is 5. The Bertz CT molecular complexity index is 1820. The highest BCUT2D eigenvalue weighted by molar-refractivity contribution is 7.93. The van der Waals surface area contributed by atoms with Crippen LogP contribution < -0.4 is 4.90 Å². The number of hydrogen-bond donors (Lipinski definition) is 0. The zero-order chi connectivity index (χ0) is 29.9. The molecule has 0 heterocycles. The number of Topliss-reactive ketones (excluding diaryl/α,β-unsaturated/α-hetero) is 1. The molecular weight excluding hydrogens is 542 g/mol. The lowest BCUT2D eigenvalue weighted by Crippen LogP contribution is -2.41. The van der Waals surface area contributed by atoms with E-state index < -0.39 is 20.4 Å². The summed E-state index contributed by atoms with van der Waals surface area (Å²) < 4.78 is 26.3. The second-order valence-corrected chi connectivity index (χ2v) is 12.7. The van der Waals surface area contributed by atoms with Crippen LogP contribution in [0.25, 0.3) is 0 Å². The smallest absolute Gasteiger partial charge is 0.195 e. The lowest BCUT2D eigenvalue weighted by molar-refractivity contribution is 0.0944. The molecule has 0 amide bonds. The van der Waals surface area contributed by atoms with Gasteiger partial charge in [-0.25, -0.2) is 8.42 Å². The maximum atomic E-state index is 14.1. The van der Waals surface area contributed by atoms with Gasteiger partial charge in [0.1, 0.15) is 0 Å². The fourth-order valence-corrected chi connectivity index (χ4v) is 6.75. The van der Waals surface area contributed by atoms with Gasteiger partial charge in [0.25, 0.3) is 0 Å². The maximum Gasteiger partial charge on any atom is 0.195 e. The molecule has 0 fully saturated rings. The third-order valence-corrected chi connectivity index (χ3v) is 10.1. The number of aryl methyl sites for hydroxylation is 1. The molecule has 1 unspecified atom stereocenters. The molecule has 0 aliphatic carbocycles. The fourth-order valence-electron chi connectivity index (χ4n) is 4.97. The molecule has 0 bridgehead atoms. The van der Waals surface area contributed by atoms with Crippen molar-refractivity contribution >= 4 is 32.8 Å². The number of anilines is 2. The summed E-state index contributed by atoms with van der Waals surface area (Å²) >= 11 is 0. The quantitative estimate of drug-likeness (QED) is 0.170. The molecule has 5 nitrogen and oxygen atoms in total. The van der Waals surface area contributed by atoms with Crippen molar-refractivity contribution in [3.05, 3.63) is 161 Å². The number of carbonyl (C=O) groups excluding carboxylic acids is 2. The summed E-state index contributed by atoms with van der Waals surface area (Å²) in [7, 11) is -2.22. The van der Waals surface area contributed by atoms with Gasteiger partial charge >= 0.3 is 0 Å². The largest absolute Gasteiger partial charge is 0.345 e. The van der Waals surface area contributed by atoms with Gasteiger partial charge in [0.2, 0.25) is 0 Å². The molecule has 5 aromatic rings. The van der Waals surface area contributed by atoms with Crippen LogP contribution in [0, 0.1) is 6.92 Å². The molecule has 210 valence electrons. The molecule has 0 aliphatic heterocycles. The molecule has 5 rings (SSSR count). The predicted molar refractivity (Wildman–Crippen MR) is 167 cm³/mol. The van der Waals surface area contributed by atoms with Crippen LogP contribution >= 0.6 is 0 Å². The first-order chi connectivity index (χ1) is 20.1. The van der Waals surface area contributed by atoms with Crippen LogP contribution in [0.3, 0.4) is 0 Å². The third kappa shape index (κ3) is 5.29. The zero-order valence-corrected chi connectivity index (χ0v) is 24.5. The minimum Gasteiger partial charge on any atom is -0.345 e. The van der Waals surface area contributed by atoms with Crippen LogP contribution in [-0.2, 0) is 14.6 Å². The summed E-state index contributed by atoms with van der Waals surface area (Å²) in [6.45, 7) is 3.37. The summed E-state index contributed by atoms with van der Waals surface area (Å²) in [5, 5.41) is 0. The Hall–Kier alpha value is -4.81. The van der Waals surface area contributed by atoms with Gasteiger partial charge in [-0.3, -0.25) is 9.59 Å². The van der Waals surface area contributed by atoms with Crippen molar-refractivity contribution in [3.63, 3.8) is 0 Å². The summed E-state index contributed by atoms with van der Waals surface area (Å²) in [6, 6.07) is 38.6. The molecule has 0 N–H and O–H groups in total. The van der Waals surface area contributed by atoms with Gasteiger partial charge in [0.05, 0.1) is 4.90 Å². The average molecular weight is 574 g/mol. The summed E-state index contributed by atoms with van der Waals surface area (Å²) in [5.41, 5.74) is 4.50. The van der Waals surface area contributed by atoms with Crippen molar-refractivity contribution in [1.29, 1.82) is 0 Å². The van der Waals surface area contributed by atoms with E-state index in [4.69, 9.17) is 0 Å². The molecule has 0 aliphatic rings. The Morgan fingerprint density at radius 3 is 1.57 bits per heavy atom. The van der Waals surface area contributed by atoms with Crippen LogP contribution in [0.15, 0.2) is 138 Å². The topological polar surface area (TPSA) is 71.5 Å². The van der Waals surface area contributed by atoms with E-state index in [1.165, 1.54) is 6.92 Å². The van der Waals surface area contributed by atoms with E-state index in [0.717, 1.165) is 16.9 Å². The Morgan fingerprint density at radius 1 is 0.595 bits per heavy atom. The minimum absolute atomic E-state index is 0.0466. The summed E-state index contributed by atoms with van der Waals surface area (Å²) in [6.07, 6.45) is 0. The lowest BCUT2D eigenvalue weighted by atomic mass is 9.91. The highest BCUT2D eigenvalue weighted by Crippen LogP contribution is 2.39.